The molecule has 4 heteroatoms. The van der Waals surface area contributed by atoms with Gasteiger partial charge in [0.2, 0.25) is 0 Å². The quantitative estimate of drug-likeness (QED) is 0.768. The van der Waals surface area contributed by atoms with Gasteiger partial charge >= 0.3 is 5.97 Å². The minimum atomic E-state index is -1.08. The topological polar surface area (TPSA) is 72.5 Å². The first-order valence-electron chi connectivity index (χ1n) is 7.31. The summed E-state index contributed by atoms with van der Waals surface area (Å²) < 4.78 is 4.93. The normalized spacial score (nSPS) is 29.9. The first kappa shape index (κ1) is 16.4. The summed E-state index contributed by atoms with van der Waals surface area (Å²) in [5.41, 5.74) is 5.64. The molecule has 3 N–H and O–H groups in total. The van der Waals surface area contributed by atoms with E-state index in [0.29, 0.717) is 19.1 Å². The number of aliphatic hydroxyl groups excluding tert-OH is 1. The minimum Gasteiger partial charge on any atom is -0.464 e. The smallest absolute Gasteiger partial charge is 0.335 e. The van der Waals surface area contributed by atoms with Gasteiger partial charge < -0.3 is 15.6 Å². The van der Waals surface area contributed by atoms with Crippen LogP contribution in [0.4, 0.5) is 0 Å². The number of rotatable bonds is 4. The molecule has 1 unspecified atom stereocenters. The van der Waals surface area contributed by atoms with Crippen LogP contribution in [0.1, 0.15) is 53.4 Å². The van der Waals surface area contributed by atoms with E-state index in [9.17, 15) is 9.90 Å². The number of hydrogen-bond donors (Lipinski definition) is 2. The Bertz CT molecular complexity index is 301. The van der Waals surface area contributed by atoms with E-state index in [4.69, 9.17) is 10.5 Å². The maximum Gasteiger partial charge on any atom is 0.335 e. The fourth-order valence-electron chi connectivity index (χ4n) is 3.12. The fourth-order valence-corrected chi connectivity index (χ4v) is 3.12. The molecular weight excluding hydrogens is 242 g/mol. The molecule has 0 radical (unpaired) electrons. The van der Waals surface area contributed by atoms with Crippen molar-refractivity contribution >= 4 is 5.97 Å². The van der Waals surface area contributed by atoms with Gasteiger partial charge in [0.05, 0.1) is 6.61 Å². The Balaban J connectivity index is 2.72. The number of ether oxygens (including phenoxy) is 1. The van der Waals surface area contributed by atoms with Crippen molar-refractivity contribution < 1.29 is 14.6 Å². The SMILES string of the molecule is CCOC(=O)C(O)C1(CN)CCC(C(C)(C)C)CC1. The molecule has 0 amide bonds. The van der Waals surface area contributed by atoms with Gasteiger partial charge in [0.25, 0.3) is 0 Å². The molecule has 1 rings (SSSR count). The molecule has 1 aliphatic carbocycles. The van der Waals surface area contributed by atoms with Crippen molar-refractivity contribution in [3.05, 3.63) is 0 Å². The van der Waals surface area contributed by atoms with Gasteiger partial charge in [0.1, 0.15) is 0 Å². The van der Waals surface area contributed by atoms with Crippen molar-refractivity contribution in [1.82, 2.24) is 0 Å². The number of aliphatic hydroxyl groups is 1. The molecule has 4 nitrogen and oxygen atoms in total. The maximum absolute atomic E-state index is 11.8. The van der Waals surface area contributed by atoms with Gasteiger partial charge in [-0.3, -0.25) is 0 Å². The predicted molar refractivity (Wildman–Crippen MR) is 75.5 cm³/mol. The van der Waals surface area contributed by atoms with Gasteiger partial charge in [-0.15, -0.1) is 0 Å². The van der Waals surface area contributed by atoms with E-state index in [1.165, 1.54) is 0 Å². The third kappa shape index (κ3) is 3.69. The molecule has 112 valence electrons. The first-order valence-corrected chi connectivity index (χ1v) is 7.31. The van der Waals surface area contributed by atoms with Gasteiger partial charge in [0.15, 0.2) is 6.10 Å². The average molecular weight is 271 g/mol. The van der Waals surface area contributed by atoms with E-state index in [-0.39, 0.29) is 5.41 Å². The zero-order valence-electron chi connectivity index (χ0n) is 12.7. The molecule has 0 spiro atoms. The Morgan fingerprint density at radius 3 is 2.32 bits per heavy atom. The molecule has 19 heavy (non-hydrogen) atoms. The summed E-state index contributed by atoms with van der Waals surface area (Å²) in [6, 6.07) is 0. The Hall–Kier alpha value is -0.610. The van der Waals surface area contributed by atoms with Crippen LogP contribution in [-0.2, 0) is 9.53 Å². The van der Waals surface area contributed by atoms with Crippen molar-refractivity contribution in [2.45, 2.75) is 59.5 Å². The van der Waals surface area contributed by atoms with Crippen molar-refractivity contribution in [3.8, 4) is 0 Å². The highest BCUT2D eigenvalue weighted by molar-refractivity contribution is 5.75. The molecule has 0 aromatic heterocycles. The molecule has 0 aliphatic heterocycles. The lowest BCUT2D eigenvalue weighted by atomic mass is 9.62. The van der Waals surface area contributed by atoms with Gasteiger partial charge in [-0.25, -0.2) is 4.79 Å². The highest BCUT2D eigenvalue weighted by Crippen LogP contribution is 2.46. The molecule has 1 atom stereocenters. The van der Waals surface area contributed by atoms with Gasteiger partial charge in [-0.1, -0.05) is 20.8 Å². The molecule has 0 heterocycles. The summed E-state index contributed by atoms with van der Waals surface area (Å²) in [4.78, 5) is 11.8. The van der Waals surface area contributed by atoms with E-state index in [2.05, 4.69) is 20.8 Å². The standard InChI is InChI=1S/C15H29NO3/c1-5-19-13(18)12(17)15(10-16)8-6-11(7-9-15)14(2,3)4/h11-12,17H,5-10,16H2,1-4H3. The highest BCUT2D eigenvalue weighted by atomic mass is 16.5. The monoisotopic (exact) mass is 271 g/mol. The summed E-state index contributed by atoms with van der Waals surface area (Å²) in [6.07, 6.45) is 2.53. The van der Waals surface area contributed by atoms with E-state index >= 15 is 0 Å². The first-order chi connectivity index (χ1) is 8.77. The maximum atomic E-state index is 11.8. The number of carbonyl (C=O) groups excluding carboxylic acids is 1. The van der Waals surface area contributed by atoms with E-state index in [1.54, 1.807) is 6.92 Å². The van der Waals surface area contributed by atoms with E-state index in [1.807, 2.05) is 0 Å². The van der Waals surface area contributed by atoms with Crippen LogP contribution in [0.15, 0.2) is 0 Å². The third-order valence-corrected chi connectivity index (χ3v) is 4.70. The number of carbonyl (C=O) groups is 1. The number of hydrogen-bond acceptors (Lipinski definition) is 4. The molecule has 0 saturated heterocycles. The average Bonchev–Trinajstić information content (AvgIpc) is 2.37. The van der Waals surface area contributed by atoms with Crippen LogP contribution in [-0.4, -0.2) is 30.3 Å². The predicted octanol–water partition coefficient (Wildman–Crippen LogP) is 2.09. The van der Waals surface area contributed by atoms with Crippen LogP contribution in [0.3, 0.4) is 0 Å². The third-order valence-electron chi connectivity index (χ3n) is 4.70. The summed E-state index contributed by atoms with van der Waals surface area (Å²) in [7, 11) is 0. The second-order valence-electron chi connectivity index (χ2n) is 6.86. The van der Waals surface area contributed by atoms with Crippen LogP contribution in [0.5, 0.6) is 0 Å². The Morgan fingerprint density at radius 2 is 1.95 bits per heavy atom. The molecule has 1 fully saturated rings. The number of nitrogens with two attached hydrogens (primary N) is 1. The van der Waals surface area contributed by atoms with Gasteiger partial charge in [-0.05, 0) is 43.9 Å². The zero-order valence-corrected chi connectivity index (χ0v) is 12.7. The zero-order chi connectivity index (χ0) is 14.7. The Kier molecular flexibility index (Phi) is 5.39. The lowest BCUT2D eigenvalue weighted by Crippen LogP contribution is -2.49. The Labute approximate surface area is 116 Å². The highest BCUT2D eigenvalue weighted by Gasteiger charge is 2.45. The number of esters is 1. The second-order valence-corrected chi connectivity index (χ2v) is 6.86. The lowest BCUT2D eigenvalue weighted by Gasteiger charge is -2.45. The lowest BCUT2D eigenvalue weighted by molar-refractivity contribution is -0.163. The van der Waals surface area contributed by atoms with Crippen molar-refractivity contribution in [3.63, 3.8) is 0 Å². The molecule has 1 aliphatic rings. The molecular formula is C15H29NO3. The fraction of sp³-hybridized carbons (Fsp3) is 0.933. The summed E-state index contributed by atoms with van der Waals surface area (Å²) >= 11 is 0. The summed E-state index contributed by atoms with van der Waals surface area (Å²) in [5.74, 6) is 0.101. The van der Waals surface area contributed by atoms with Crippen LogP contribution in [0.2, 0.25) is 0 Å². The van der Waals surface area contributed by atoms with Crippen molar-refractivity contribution in [1.29, 1.82) is 0 Å². The van der Waals surface area contributed by atoms with Gasteiger partial charge in [0, 0.05) is 12.0 Å². The van der Waals surface area contributed by atoms with Crippen LogP contribution < -0.4 is 5.73 Å². The molecule has 1 saturated carbocycles. The van der Waals surface area contributed by atoms with E-state index < -0.39 is 17.5 Å². The van der Waals surface area contributed by atoms with Crippen LogP contribution >= 0.6 is 0 Å². The van der Waals surface area contributed by atoms with Crippen LogP contribution in [0, 0.1) is 16.7 Å². The Morgan fingerprint density at radius 1 is 1.42 bits per heavy atom. The summed E-state index contributed by atoms with van der Waals surface area (Å²) in [5, 5.41) is 10.3. The summed E-state index contributed by atoms with van der Waals surface area (Å²) in [6.45, 7) is 9.11. The van der Waals surface area contributed by atoms with Crippen molar-refractivity contribution in [2.75, 3.05) is 13.2 Å². The van der Waals surface area contributed by atoms with Crippen LogP contribution in [0.25, 0.3) is 0 Å². The molecule has 0 bridgehead atoms. The minimum absolute atomic E-state index is 0.273. The largest absolute Gasteiger partial charge is 0.464 e. The molecule has 0 aromatic rings. The van der Waals surface area contributed by atoms with Crippen molar-refractivity contribution in [2.24, 2.45) is 22.5 Å². The van der Waals surface area contributed by atoms with Gasteiger partial charge in [-0.2, -0.15) is 0 Å². The molecule has 0 aromatic carbocycles. The van der Waals surface area contributed by atoms with E-state index in [0.717, 1.165) is 25.7 Å². The second kappa shape index (κ2) is 6.23.